The van der Waals surface area contributed by atoms with Gasteiger partial charge < -0.3 is 34.8 Å². The second kappa shape index (κ2) is 12.4. The van der Waals surface area contributed by atoms with Crippen molar-refractivity contribution in [2.45, 2.75) is 43.0 Å². The standard InChI is InChI=1S/C32H33N3O8/c1-19(36)33-25-17-18-35(31(40)34-25)30-27(38)26(37)28(43-30)29(39)32(20-7-5-4-6-8-20,21-9-13-23(41-2)14-10-21)22-11-15-24(42-3)16-12-22/h4-18,26-30,37-39H,1-3H3,(H,33,34,36,40)/t26-,27+,28-,29?,30+/m0/s1. The van der Waals surface area contributed by atoms with Crippen LogP contribution in [0.4, 0.5) is 5.82 Å². The number of nitrogens with one attached hydrogen (secondary N) is 1. The first-order chi connectivity index (χ1) is 20.7. The highest BCUT2D eigenvalue weighted by Crippen LogP contribution is 2.47. The Balaban J connectivity index is 1.65. The van der Waals surface area contributed by atoms with E-state index in [2.05, 4.69) is 10.3 Å². The van der Waals surface area contributed by atoms with Gasteiger partial charge in [0.05, 0.1) is 19.6 Å². The fraction of sp³-hybridized carbons (Fsp3) is 0.281. The summed E-state index contributed by atoms with van der Waals surface area (Å²) in [7, 11) is 3.11. The lowest BCUT2D eigenvalue weighted by Crippen LogP contribution is -2.52. The van der Waals surface area contributed by atoms with E-state index in [1.165, 1.54) is 19.2 Å². The lowest BCUT2D eigenvalue weighted by Gasteiger charge is -2.42. The lowest BCUT2D eigenvalue weighted by molar-refractivity contribution is -0.114. The summed E-state index contributed by atoms with van der Waals surface area (Å²) in [6.07, 6.45) is -6.12. The van der Waals surface area contributed by atoms with Crippen LogP contribution in [0.15, 0.2) is 95.9 Å². The molecule has 1 saturated heterocycles. The van der Waals surface area contributed by atoms with Crippen LogP contribution in [0.25, 0.3) is 0 Å². The zero-order chi connectivity index (χ0) is 30.7. The highest BCUT2D eigenvalue weighted by Gasteiger charge is 2.55. The van der Waals surface area contributed by atoms with Gasteiger partial charge in [0, 0.05) is 13.1 Å². The van der Waals surface area contributed by atoms with Crippen LogP contribution < -0.4 is 20.5 Å². The van der Waals surface area contributed by atoms with E-state index in [9.17, 15) is 24.9 Å². The van der Waals surface area contributed by atoms with Crippen LogP contribution in [0.5, 0.6) is 11.5 Å². The first-order valence-electron chi connectivity index (χ1n) is 13.6. The van der Waals surface area contributed by atoms with Crippen molar-refractivity contribution in [1.82, 2.24) is 9.55 Å². The molecule has 1 unspecified atom stereocenters. The summed E-state index contributed by atoms with van der Waals surface area (Å²) in [5.41, 5.74) is -0.158. The Morgan fingerprint density at radius 1 is 0.884 bits per heavy atom. The monoisotopic (exact) mass is 587 g/mol. The van der Waals surface area contributed by atoms with Gasteiger partial charge in [-0.25, -0.2) is 4.79 Å². The maximum Gasteiger partial charge on any atom is 0.351 e. The molecule has 5 rings (SSSR count). The highest BCUT2D eigenvalue weighted by molar-refractivity contribution is 5.87. The van der Waals surface area contributed by atoms with Gasteiger partial charge in [-0.2, -0.15) is 4.98 Å². The summed E-state index contributed by atoms with van der Waals surface area (Å²) in [6.45, 7) is 1.28. The molecular weight excluding hydrogens is 554 g/mol. The van der Waals surface area contributed by atoms with Gasteiger partial charge in [0.15, 0.2) is 6.23 Å². The molecule has 2 heterocycles. The second-order valence-corrected chi connectivity index (χ2v) is 10.2. The first-order valence-corrected chi connectivity index (χ1v) is 13.6. The third-order valence-corrected chi connectivity index (χ3v) is 7.76. The van der Waals surface area contributed by atoms with Crippen molar-refractivity contribution in [3.8, 4) is 11.5 Å². The Hall–Kier alpha value is -4.55. The summed E-state index contributed by atoms with van der Waals surface area (Å²) < 4.78 is 17.9. The Morgan fingerprint density at radius 3 is 1.91 bits per heavy atom. The molecule has 1 aliphatic rings. The van der Waals surface area contributed by atoms with Crippen LogP contribution >= 0.6 is 0 Å². The molecule has 0 saturated carbocycles. The fourth-order valence-electron chi connectivity index (χ4n) is 5.70. The summed E-state index contributed by atoms with van der Waals surface area (Å²) in [6, 6.07) is 25.0. The van der Waals surface area contributed by atoms with Crippen LogP contribution in [0.2, 0.25) is 0 Å². The molecule has 3 aromatic carbocycles. The number of carbonyl (C=O) groups is 1. The van der Waals surface area contributed by atoms with Crippen molar-refractivity contribution in [3.63, 3.8) is 0 Å². The zero-order valence-corrected chi connectivity index (χ0v) is 23.8. The molecule has 11 heteroatoms. The molecule has 0 spiro atoms. The maximum absolute atomic E-state index is 12.9. The molecule has 1 amide bonds. The van der Waals surface area contributed by atoms with E-state index in [1.807, 2.05) is 54.6 Å². The molecular formula is C32H33N3O8. The largest absolute Gasteiger partial charge is 0.497 e. The molecule has 1 aliphatic heterocycles. The van der Waals surface area contributed by atoms with Crippen molar-refractivity contribution >= 4 is 11.7 Å². The van der Waals surface area contributed by atoms with E-state index in [-0.39, 0.29) is 5.82 Å². The topological polar surface area (TPSA) is 152 Å². The van der Waals surface area contributed by atoms with E-state index >= 15 is 0 Å². The molecule has 11 nitrogen and oxygen atoms in total. The third kappa shape index (κ3) is 5.51. The van der Waals surface area contributed by atoms with Gasteiger partial charge in [-0.05, 0) is 47.0 Å². The number of hydrogen-bond acceptors (Lipinski definition) is 9. The van der Waals surface area contributed by atoms with Crippen molar-refractivity contribution in [1.29, 1.82) is 0 Å². The Labute approximate surface area is 247 Å². The number of nitrogens with zero attached hydrogens (tertiary/aromatic N) is 2. The molecule has 4 aromatic rings. The van der Waals surface area contributed by atoms with Gasteiger partial charge >= 0.3 is 5.69 Å². The number of anilines is 1. The van der Waals surface area contributed by atoms with Crippen LogP contribution in [-0.2, 0) is 14.9 Å². The van der Waals surface area contributed by atoms with Gasteiger partial charge in [0.25, 0.3) is 0 Å². The SMILES string of the molecule is COc1ccc(C(c2ccccc2)(c2ccc(OC)cc2)C(O)[C@H]2O[C@@H](n3ccc(NC(C)=O)nc3=O)[C@H](O)[C@@H]2O)cc1. The predicted octanol–water partition coefficient (Wildman–Crippen LogP) is 2.23. The normalized spacial score (nSPS) is 20.8. The summed E-state index contributed by atoms with van der Waals surface area (Å²) in [4.78, 5) is 28.1. The smallest absolute Gasteiger partial charge is 0.351 e. The van der Waals surface area contributed by atoms with E-state index in [1.54, 1.807) is 38.5 Å². The van der Waals surface area contributed by atoms with Crippen LogP contribution in [-0.4, -0.2) is 69.4 Å². The molecule has 5 atom stereocenters. The van der Waals surface area contributed by atoms with E-state index in [0.717, 1.165) is 4.57 Å². The minimum Gasteiger partial charge on any atom is -0.497 e. The molecule has 1 aromatic heterocycles. The van der Waals surface area contributed by atoms with Crippen molar-refractivity contribution in [2.24, 2.45) is 0 Å². The van der Waals surface area contributed by atoms with Crippen molar-refractivity contribution in [3.05, 3.63) is 118 Å². The molecule has 4 N–H and O–H groups in total. The third-order valence-electron chi connectivity index (χ3n) is 7.76. The Bertz CT molecular complexity index is 1560. The summed E-state index contributed by atoms with van der Waals surface area (Å²) in [5, 5.41) is 37.3. The summed E-state index contributed by atoms with van der Waals surface area (Å²) >= 11 is 0. The molecule has 43 heavy (non-hydrogen) atoms. The van der Waals surface area contributed by atoms with Crippen LogP contribution in [0, 0.1) is 0 Å². The minimum absolute atomic E-state index is 0.0282. The summed E-state index contributed by atoms with van der Waals surface area (Å²) in [5.74, 6) is 0.838. The number of ether oxygens (including phenoxy) is 3. The first kappa shape index (κ1) is 29.9. The molecule has 1 fully saturated rings. The maximum atomic E-state index is 12.9. The molecule has 224 valence electrons. The number of amides is 1. The zero-order valence-electron chi connectivity index (χ0n) is 23.8. The molecule has 0 aliphatic carbocycles. The van der Waals surface area contributed by atoms with Gasteiger partial charge in [-0.1, -0.05) is 54.6 Å². The number of methoxy groups -OCH3 is 2. The number of rotatable bonds is 9. The molecule has 0 bridgehead atoms. The van der Waals surface area contributed by atoms with Crippen molar-refractivity contribution < 1.29 is 34.3 Å². The number of hydrogen-bond donors (Lipinski definition) is 4. The number of aliphatic hydroxyl groups is 3. The van der Waals surface area contributed by atoms with E-state index < -0.39 is 47.7 Å². The van der Waals surface area contributed by atoms with E-state index in [4.69, 9.17) is 14.2 Å². The Kier molecular flexibility index (Phi) is 8.60. The van der Waals surface area contributed by atoms with Crippen molar-refractivity contribution in [2.75, 3.05) is 19.5 Å². The predicted molar refractivity (Wildman–Crippen MR) is 157 cm³/mol. The molecule has 0 radical (unpaired) electrons. The minimum atomic E-state index is -1.60. The van der Waals surface area contributed by atoms with Gasteiger partial charge in [-0.15, -0.1) is 0 Å². The van der Waals surface area contributed by atoms with Gasteiger partial charge in [0.2, 0.25) is 5.91 Å². The second-order valence-electron chi connectivity index (χ2n) is 10.2. The lowest BCUT2D eigenvalue weighted by atomic mass is 9.64. The number of aliphatic hydroxyl groups excluding tert-OH is 3. The Morgan fingerprint density at radius 2 is 1.42 bits per heavy atom. The highest BCUT2D eigenvalue weighted by atomic mass is 16.6. The number of carbonyl (C=O) groups excluding carboxylic acids is 1. The van der Waals surface area contributed by atoms with Gasteiger partial charge in [-0.3, -0.25) is 9.36 Å². The number of aromatic nitrogens is 2. The van der Waals surface area contributed by atoms with Crippen LogP contribution in [0.3, 0.4) is 0 Å². The van der Waals surface area contributed by atoms with Gasteiger partial charge in [0.1, 0.15) is 41.7 Å². The fourth-order valence-corrected chi connectivity index (χ4v) is 5.70. The number of benzene rings is 3. The van der Waals surface area contributed by atoms with Crippen LogP contribution in [0.1, 0.15) is 29.8 Å². The van der Waals surface area contributed by atoms with E-state index in [0.29, 0.717) is 28.2 Å². The average molecular weight is 588 g/mol. The quantitative estimate of drug-likeness (QED) is 0.216. The average Bonchev–Trinajstić information content (AvgIpc) is 3.31.